The minimum absolute atomic E-state index is 0.0692. The summed E-state index contributed by atoms with van der Waals surface area (Å²) in [4.78, 5) is 18.0. The fourth-order valence-electron chi connectivity index (χ4n) is 10.3. The van der Waals surface area contributed by atoms with Crippen LogP contribution in [0.25, 0.3) is 0 Å². The molecule has 14 heteroatoms. The van der Waals surface area contributed by atoms with Crippen LogP contribution in [0.2, 0.25) is 0 Å². The molecule has 2 saturated carbocycles. The number of nitrogens with zero attached hydrogens (tertiary/aromatic N) is 3. The molecule has 52 heavy (non-hydrogen) atoms. The van der Waals surface area contributed by atoms with Gasteiger partial charge >= 0.3 is 18.2 Å². The third kappa shape index (κ3) is 8.64. The van der Waals surface area contributed by atoms with Crippen LogP contribution in [0.5, 0.6) is 5.75 Å². The maximum atomic E-state index is 13.3. The van der Waals surface area contributed by atoms with E-state index in [1.54, 1.807) is 0 Å². The number of amides is 1. The van der Waals surface area contributed by atoms with Gasteiger partial charge in [-0.3, -0.25) is 4.21 Å². The Hall–Kier alpha value is -2.32. The Bertz CT molecular complexity index is 1460. The van der Waals surface area contributed by atoms with E-state index in [1.165, 1.54) is 18.4 Å². The molecule has 6 rings (SSSR count). The van der Waals surface area contributed by atoms with E-state index in [-0.39, 0.29) is 34.8 Å². The summed E-state index contributed by atoms with van der Waals surface area (Å²) in [5.41, 5.74) is 3.01. The summed E-state index contributed by atoms with van der Waals surface area (Å²) in [6.07, 6.45) is 1.78. The Kier molecular flexibility index (Phi) is 12.3. The van der Waals surface area contributed by atoms with Crippen LogP contribution in [0.3, 0.4) is 0 Å². The average molecular weight is 759 g/mol. The van der Waals surface area contributed by atoms with Crippen molar-refractivity contribution in [1.29, 1.82) is 0 Å². The summed E-state index contributed by atoms with van der Waals surface area (Å²) in [5, 5.41) is 16.6. The van der Waals surface area contributed by atoms with Crippen LogP contribution in [0, 0.1) is 23.2 Å². The van der Waals surface area contributed by atoms with E-state index < -0.39 is 41.8 Å². The topological polar surface area (TPSA) is 94.5 Å². The highest BCUT2D eigenvalue weighted by Crippen LogP contribution is 2.62. The number of nitrogens with one attached hydrogen (secondary N) is 1. The zero-order valence-electron chi connectivity index (χ0n) is 30.4. The number of oxime groups is 1. The Morgan fingerprint density at radius 1 is 1.04 bits per heavy atom. The molecule has 1 aromatic carbocycles. The number of ether oxygens (including phenoxy) is 1. The van der Waals surface area contributed by atoms with Gasteiger partial charge in [0.15, 0.2) is 0 Å². The van der Waals surface area contributed by atoms with E-state index in [4.69, 9.17) is 4.74 Å². The van der Waals surface area contributed by atoms with E-state index in [9.17, 15) is 36.2 Å². The second kappa shape index (κ2) is 16.2. The molecule has 2 saturated heterocycles. The highest BCUT2D eigenvalue weighted by Gasteiger charge is 2.57. The number of carbonyl (C=O) groups is 1. The minimum atomic E-state index is -5.60. The Balaban J connectivity index is 1.07. The number of rotatable bonds is 11. The molecular formula is C38H55F5N4O4S. The lowest BCUT2D eigenvalue weighted by atomic mass is 9.52. The molecule has 1 aromatic rings. The maximum Gasteiger partial charge on any atom is 0.453 e. The number of likely N-dealkylation sites (tertiary alicyclic amines) is 2. The van der Waals surface area contributed by atoms with E-state index in [0.717, 1.165) is 88.8 Å². The first kappa shape index (κ1) is 39.4. The van der Waals surface area contributed by atoms with Crippen molar-refractivity contribution in [3.8, 4) is 5.75 Å². The highest BCUT2D eigenvalue weighted by atomic mass is 32.2. The first-order valence-corrected chi connectivity index (χ1v) is 20.7. The highest BCUT2D eigenvalue weighted by molar-refractivity contribution is 7.84. The van der Waals surface area contributed by atoms with Crippen LogP contribution in [0.1, 0.15) is 101 Å². The zero-order valence-corrected chi connectivity index (χ0v) is 31.3. The number of hydrogen-bond acceptors (Lipinski definition) is 7. The number of benzene rings is 1. The summed E-state index contributed by atoms with van der Waals surface area (Å²) in [7, 11) is 0.667. The molecular weight excluding hydrogens is 703 g/mol. The Morgan fingerprint density at radius 2 is 1.75 bits per heavy atom. The summed E-state index contributed by atoms with van der Waals surface area (Å²) in [5.74, 6) is -3.18. The molecule has 8 nitrogen and oxygen atoms in total. The quantitative estimate of drug-likeness (QED) is 0.136. The van der Waals surface area contributed by atoms with Gasteiger partial charge in [0.1, 0.15) is 5.75 Å². The van der Waals surface area contributed by atoms with Crippen LogP contribution in [-0.2, 0) is 17.2 Å². The molecule has 292 valence electrons. The summed E-state index contributed by atoms with van der Waals surface area (Å²) in [6.45, 7) is 6.38. The molecule has 0 spiro atoms. The van der Waals surface area contributed by atoms with Crippen molar-refractivity contribution >= 4 is 22.6 Å². The number of hydrogen-bond donors (Lipinski definition) is 2. The molecule has 1 amide bonds. The SMILES string of the molecule is CN1CCC(N2CCC(NC(=O)Oc3ccc4c(c3)C[C@@H](CCCS(=O)CCCC(F)(F)C(F)(F)F)[C@@H]3[C@@H]4CC[C@]4(C)/C(=N\O)CC[C@@H]34)CC2)CC1. The number of fused-ring (bicyclic) bond motifs is 5. The van der Waals surface area contributed by atoms with Gasteiger partial charge in [0.25, 0.3) is 0 Å². The zero-order chi connectivity index (χ0) is 37.3. The molecule has 0 bridgehead atoms. The molecule has 0 radical (unpaired) electrons. The van der Waals surface area contributed by atoms with Crippen LogP contribution in [0.15, 0.2) is 23.4 Å². The van der Waals surface area contributed by atoms with Crippen LogP contribution < -0.4 is 10.1 Å². The number of alkyl halides is 5. The predicted molar refractivity (Wildman–Crippen MR) is 191 cm³/mol. The summed E-state index contributed by atoms with van der Waals surface area (Å²) >= 11 is 0. The van der Waals surface area contributed by atoms with Crippen molar-refractivity contribution in [2.24, 2.45) is 28.3 Å². The molecule has 0 aromatic heterocycles. The summed E-state index contributed by atoms with van der Waals surface area (Å²) < 4.78 is 82.9. The lowest BCUT2D eigenvalue weighted by Crippen LogP contribution is -2.51. The van der Waals surface area contributed by atoms with Gasteiger partial charge in [0.05, 0.1) is 5.71 Å². The second-order valence-electron chi connectivity index (χ2n) is 16.3. The maximum absolute atomic E-state index is 13.3. The van der Waals surface area contributed by atoms with Gasteiger partial charge in [0, 0.05) is 59.3 Å². The molecule has 2 heterocycles. The van der Waals surface area contributed by atoms with E-state index in [1.807, 2.05) is 12.1 Å². The second-order valence-corrected chi connectivity index (χ2v) is 18.0. The fourth-order valence-corrected chi connectivity index (χ4v) is 11.5. The van der Waals surface area contributed by atoms with Crippen molar-refractivity contribution < 1.29 is 40.9 Å². The first-order chi connectivity index (χ1) is 24.7. The van der Waals surface area contributed by atoms with Gasteiger partial charge in [-0.1, -0.05) is 18.1 Å². The predicted octanol–water partition coefficient (Wildman–Crippen LogP) is 7.75. The molecule has 6 atom stereocenters. The third-order valence-electron chi connectivity index (χ3n) is 13.2. The lowest BCUT2D eigenvalue weighted by molar-refractivity contribution is -0.284. The van der Waals surface area contributed by atoms with E-state index in [0.29, 0.717) is 30.0 Å². The molecule has 2 N–H and O–H groups in total. The van der Waals surface area contributed by atoms with E-state index >= 15 is 0 Å². The van der Waals surface area contributed by atoms with Gasteiger partial charge < -0.3 is 25.1 Å². The number of piperidine rings is 2. The van der Waals surface area contributed by atoms with Crippen LogP contribution >= 0.6 is 0 Å². The summed E-state index contributed by atoms with van der Waals surface area (Å²) in [6, 6.07) is 6.64. The fraction of sp³-hybridized carbons (Fsp3) is 0.789. The molecule has 5 aliphatic rings. The normalized spacial score (nSPS) is 30.8. The molecule has 1 unspecified atom stereocenters. The lowest BCUT2D eigenvalue weighted by Gasteiger charge is -2.52. The monoisotopic (exact) mass is 758 g/mol. The van der Waals surface area contributed by atoms with Crippen molar-refractivity contribution in [3.63, 3.8) is 0 Å². The van der Waals surface area contributed by atoms with Crippen molar-refractivity contribution in [1.82, 2.24) is 15.1 Å². The molecule has 4 fully saturated rings. The van der Waals surface area contributed by atoms with Gasteiger partial charge in [0.2, 0.25) is 0 Å². The minimum Gasteiger partial charge on any atom is -0.411 e. The van der Waals surface area contributed by atoms with Gasteiger partial charge in [-0.15, -0.1) is 0 Å². The van der Waals surface area contributed by atoms with Crippen molar-refractivity contribution in [2.45, 2.75) is 120 Å². The van der Waals surface area contributed by atoms with Gasteiger partial charge in [-0.05, 0) is 144 Å². The van der Waals surface area contributed by atoms with Gasteiger partial charge in [-0.2, -0.15) is 22.0 Å². The smallest absolute Gasteiger partial charge is 0.411 e. The average Bonchev–Trinajstić information content (AvgIpc) is 3.44. The molecule has 3 aliphatic carbocycles. The number of carbonyl (C=O) groups excluding carboxylic acids is 1. The van der Waals surface area contributed by atoms with Gasteiger partial charge in [-0.25, -0.2) is 4.79 Å². The van der Waals surface area contributed by atoms with E-state index in [2.05, 4.69) is 40.3 Å². The first-order valence-electron chi connectivity index (χ1n) is 19.2. The number of halogens is 5. The molecule has 2 aliphatic heterocycles. The Morgan fingerprint density at radius 3 is 2.44 bits per heavy atom. The standard InChI is InChI=1S/C38H55F5N4O4S/c1-36-16-10-31-30-7-6-29(51-35(48)44-27-11-19-47(20-12-27)28-13-17-46(2)18-14-28)24-26(30)23-25(34(31)32(36)8-9-33(36)45-49)5-3-21-52(50)22-4-15-37(39,40)38(41,42)43/h6-7,24-25,27-28,31-32,34,49H,3-5,8-23H2,1-2H3,(H,44,48)/b45-33-/t25-,31-,32+,34-,36+,52?/m1/s1. The van der Waals surface area contributed by atoms with Crippen molar-refractivity contribution in [2.75, 3.05) is 44.7 Å². The largest absolute Gasteiger partial charge is 0.453 e. The van der Waals surface area contributed by atoms with Crippen LogP contribution in [0.4, 0.5) is 26.7 Å². The Labute approximate surface area is 306 Å². The van der Waals surface area contributed by atoms with Crippen LogP contribution in [-0.4, -0.2) is 99.9 Å². The third-order valence-corrected chi connectivity index (χ3v) is 14.7. The van der Waals surface area contributed by atoms with Crippen molar-refractivity contribution in [3.05, 3.63) is 29.3 Å².